The summed E-state index contributed by atoms with van der Waals surface area (Å²) in [4.78, 5) is 26.0. The van der Waals surface area contributed by atoms with Crippen molar-refractivity contribution in [3.63, 3.8) is 0 Å². The van der Waals surface area contributed by atoms with E-state index in [0.29, 0.717) is 35.2 Å². The highest BCUT2D eigenvalue weighted by Crippen LogP contribution is 2.31. The molecule has 34 heavy (non-hydrogen) atoms. The van der Waals surface area contributed by atoms with E-state index in [1.165, 1.54) is 0 Å². The first kappa shape index (κ1) is 22.8. The lowest BCUT2D eigenvalue weighted by Gasteiger charge is -2.14. The second-order valence-electron chi connectivity index (χ2n) is 7.60. The molecule has 4 aromatic rings. The predicted octanol–water partition coefficient (Wildman–Crippen LogP) is 3.57. The molecule has 2 aromatic heterocycles. The Hall–Kier alpha value is -4.40. The largest absolute Gasteiger partial charge is 0.493 e. The van der Waals surface area contributed by atoms with Gasteiger partial charge in [-0.2, -0.15) is 10.2 Å². The van der Waals surface area contributed by atoms with Gasteiger partial charge in [-0.1, -0.05) is 30.3 Å². The van der Waals surface area contributed by atoms with Crippen LogP contribution in [-0.2, 0) is 11.3 Å². The van der Waals surface area contributed by atoms with Gasteiger partial charge in [-0.05, 0) is 32.0 Å². The number of aryl methyl sites for hydroxylation is 1. The van der Waals surface area contributed by atoms with Gasteiger partial charge in [0.15, 0.2) is 11.5 Å². The molecule has 2 heterocycles. The van der Waals surface area contributed by atoms with Gasteiger partial charge in [-0.15, -0.1) is 0 Å². The molecule has 2 aromatic carbocycles. The number of benzene rings is 2. The van der Waals surface area contributed by atoms with Crippen LogP contribution in [0.1, 0.15) is 27.3 Å². The Balaban J connectivity index is 1.56. The summed E-state index contributed by atoms with van der Waals surface area (Å²) in [6, 6.07) is 16.6. The SMILES string of the molecule is COc1cccc(Cn2nccc2NC(=O)C(=O)c2c(C)nn(-c3ccccc3)c2C)c1OC. The highest BCUT2D eigenvalue weighted by Gasteiger charge is 2.26. The van der Waals surface area contributed by atoms with Crippen molar-refractivity contribution in [2.45, 2.75) is 20.4 Å². The van der Waals surface area contributed by atoms with Crippen molar-refractivity contribution in [1.82, 2.24) is 19.6 Å². The Labute approximate surface area is 196 Å². The molecule has 0 saturated heterocycles. The topological polar surface area (TPSA) is 100 Å². The van der Waals surface area contributed by atoms with Crippen LogP contribution in [0.5, 0.6) is 11.5 Å². The summed E-state index contributed by atoms with van der Waals surface area (Å²) in [6.45, 7) is 3.79. The maximum atomic E-state index is 13.1. The van der Waals surface area contributed by atoms with E-state index in [1.54, 1.807) is 55.8 Å². The number of nitrogens with one attached hydrogen (secondary N) is 1. The Bertz CT molecular complexity index is 1340. The lowest BCUT2D eigenvalue weighted by Crippen LogP contribution is -2.25. The minimum atomic E-state index is -0.766. The average Bonchev–Trinajstić information content (AvgIpc) is 3.41. The first-order valence-electron chi connectivity index (χ1n) is 10.6. The summed E-state index contributed by atoms with van der Waals surface area (Å²) in [5.74, 6) is 0.124. The molecule has 0 radical (unpaired) electrons. The van der Waals surface area contributed by atoms with Gasteiger partial charge >= 0.3 is 0 Å². The minimum absolute atomic E-state index is 0.280. The molecule has 0 aliphatic rings. The third kappa shape index (κ3) is 4.27. The number of aromatic nitrogens is 4. The Morgan fingerprint density at radius 3 is 2.44 bits per heavy atom. The van der Waals surface area contributed by atoms with Crippen molar-refractivity contribution in [1.29, 1.82) is 0 Å². The first-order valence-corrected chi connectivity index (χ1v) is 10.6. The van der Waals surface area contributed by atoms with E-state index in [0.717, 1.165) is 11.3 Å². The average molecular weight is 460 g/mol. The molecule has 4 rings (SSSR count). The quantitative estimate of drug-likeness (QED) is 0.319. The number of ether oxygens (including phenoxy) is 2. The van der Waals surface area contributed by atoms with E-state index in [9.17, 15) is 9.59 Å². The van der Waals surface area contributed by atoms with Crippen LogP contribution in [0, 0.1) is 13.8 Å². The molecule has 0 spiro atoms. The summed E-state index contributed by atoms with van der Waals surface area (Å²) in [5, 5.41) is 11.4. The predicted molar refractivity (Wildman–Crippen MR) is 127 cm³/mol. The van der Waals surface area contributed by atoms with Crippen LogP contribution in [0.25, 0.3) is 5.69 Å². The standard InChI is InChI=1S/C25H25N5O4/c1-16-22(17(2)30(28-16)19-10-6-5-7-11-19)23(31)25(32)27-21-13-14-26-29(21)15-18-9-8-12-20(33-3)24(18)34-4/h5-14H,15H2,1-4H3,(H,27,32). The summed E-state index contributed by atoms with van der Waals surface area (Å²) in [6.07, 6.45) is 1.55. The fourth-order valence-corrected chi connectivity index (χ4v) is 3.88. The molecule has 9 heteroatoms. The Morgan fingerprint density at radius 2 is 1.74 bits per heavy atom. The number of Topliss-reactive ketones (excluding diaryl/α,β-unsaturated/α-hetero) is 1. The van der Waals surface area contributed by atoms with Gasteiger partial charge in [0.1, 0.15) is 5.82 Å². The molecule has 0 aliphatic heterocycles. The number of amides is 1. The molecule has 0 saturated carbocycles. The van der Waals surface area contributed by atoms with Crippen molar-refractivity contribution < 1.29 is 19.1 Å². The summed E-state index contributed by atoms with van der Waals surface area (Å²) >= 11 is 0. The number of ketones is 1. The van der Waals surface area contributed by atoms with Gasteiger partial charge in [0.25, 0.3) is 11.7 Å². The zero-order valence-corrected chi connectivity index (χ0v) is 19.4. The van der Waals surface area contributed by atoms with E-state index < -0.39 is 11.7 Å². The Morgan fingerprint density at radius 1 is 0.971 bits per heavy atom. The number of carbonyl (C=O) groups excluding carboxylic acids is 2. The van der Waals surface area contributed by atoms with Crippen LogP contribution in [0.3, 0.4) is 0 Å². The van der Waals surface area contributed by atoms with Crippen LogP contribution in [-0.4, -0.2) is 45.5 Å². The molecule has 1 amide bonds. The fourth-order valence-electron chi connectivity index (χ4n) is 3.88. The van der Waals surface area contributed by atoms with Crippen molar-refractivity contribution in [3.05, 3.63) is 83.3 Å². The van der Waals surface area contributed by atoms with Gasteiger partial charge < -0.3 is 14.8 Å². The van der Waals surface area contributed by atoms with Crippen LogP contribution in [0.15, 0.2) is 60.8 Å². The lowest BCUT2D eigenvalue weighted by molar-refractivity contribution is -0.112. The van der Waals surface area contributed by atoms with Crippen molar-refractivity contribution in [2.24, 2.45) is 0 Å². The van der Waals surface area contributed by atoms with Gasteiger partial charge in [-0.25, -0.2) is 9.36 Å². The highest BCUT2D eigenvalue weighted by atomic mass is 16.5. The van der Waals surface area contributed by atoms with Crippen molar-refractivity contribution >= 4 is 17.5 Å². The van der Waals surface area contributed by atoms with E-state index >= 15 is 0 Å². The normalized spacial score (nSPS) is 10.7. The van der Waals surface area contributed by atoms with Crippen molar-refractivity contribution in [3.8, 4) is 17.2 Å². The highest BCUT2D eigenvalue weighted by molar-refractivity contribution is 6.47. The maximum absolute atomic E-state index is 13.1. The monoisotopic (exact) mass is 459 g/mol. The summed E-state index contributed by atoms with van der Waals surface area (Å²) < 4.78 is 14.1. The number of hydrogen-bond donors (Lipinski definition) is 1. The summed E-state index contributed by atoms with van der Waals surface area (Å²) in [7, 11) is 3.13. The maximum Gasteiger partial charge on any atom is 0.298 e. The number of nitrogens with zero attached hydrogens (tertiary/aromatic N) is 4. The number of rotatable bonds is 8. The zero-order valence-electron chi connectivity index (χ0n) is 19.4. The Kier molecular flexibility index (Phi) is 6.44. The number of anilines is 1. The van der Waals surface area contributed by atoms with Gasteiger partial charge in [0.2, 0.25) is 0 Å². The van der Waals surface area contributed by atoms with Crippen LogP contribution in [0.2, 0.25) is 0 Å². The van der Waals surface area contributed by atoms with Gasteiger partial charge in [-0.3, -0.25) is 9.59 Å². The zero-order chi connectivity index (χ0) is 24.2. The lowest BCUT2D eigenvalue weighted by atomic mass is 10.1. The number of carbonyl (C=O) groups is 2. The minimum Gasteiger partial charge on any atom is -0.493 e. The molecular formula is C25H25N5O4. The van der Waals surface area contributed by atoms with E-state index in [4.69, 9.17) is 9.47 Å². The number of methoxy groups -OCH3 is 2. The smallest absolute Gasteiger partial charge is 0.298 e. The fraction of sp³-hybridized carbons (Fsp3) is 0.200. The van der Waals surface area contributed by atoms with Crippen LogP contribution >= 0.6 is 0 Å². The van der Waals surface area contributed by atoms with Crippen molar-refractivity contribution in [2.75, 3.05) is 19.5 Å². The summed E-state index contributed by atoms with van der Waals surface area (Å²) in [5.41, 5.74) is 2.98. The van der Waals surface area contributed by atoms with E-state index in [2.05, 4.69) is 15.5 Å². The molecule has 0 bridgehead atoms. The van der Waals surface area contributed by atoms with Crippen LogP contribution in [0.4, 0.5) is 5.82 Å². The first-order chi connectivity index (χ1) is 16.4. The molecule has 9 nitrogen and oxygen atoms in total. The molecular weight excluding hydrogens is 434 g/mol. The molecule has 0 unspecified atom stereocenters. The van der Waals surface area contributed by atoms with E-state index in [1.807, 2.05) is 42.5 Å². The van der Waals surface area contributed by atoms with Gasteiger partial charge in [0, 0.05) is 11.6 Å². The molecule has 0 fully saturated rings. The number of hydrogen-bond acceptors (Lipinski definition) is 6. The van der Waals surface area contributed by atoms with Crippen LogP contribution < -0.4 is 14.8 Å². The molecule has 1 N–H and O–H groups in total. The molecule has 0 atom stereocenters. The third-order valence-corrected chi connectivity index (χ3v) is 5.49. The second kappa shape index (κ2) is 9.62. The molecule has 0 aliphatic carbocycles. The van der Waals surface area contributed by atoms with E-state index in [-0.39, 0.29) is 5.56 Å². The third-order valence-electron chi connectivity index (χ3n) is 5.49. The van der Waals surface area contributed by atoms with Gasteiger partial charge in [0.05, 0.1) is 49.6 Å². The number of para-hydroxylation sites is 2. The molecule has 174 valence electrons. The second-order valence-corrected chi connectivity index (χ2v) is 7.60.